The van der Waals surface area contributed by atoms with E-state index in [1.54, 1.807) is 12.3 Å². The fourth-order valence-electron chi connectivity index (χ4n) is 3.06. The molecule has 0 aliphatic carbocycles. The predicted octanol–water partition coefficient (Wildman–Crippen LogP) is 3.31. The molecule has 0 radical (unpaired) electrons. The highest BCUT2D eigenvalue weighted by Crippen LogP contribution is 2.25. The van der Waals surface area contributed by atoms with Gasteiger partial charge < -0.3 is 9.80 Å². The summed E-state index contributed by atoms with van der Waals surface area (Å²) in [6.07, 6.45) is 1.59. The van der Waals surface area contributed by atoms with Crippen LogP contribution in [0.2, 0.25) is 0 Å². The highest BCUT2D eigenvalue weighted by Gasteiger charge is 2.22. The summed E-state index contributed by atoms with van der Waals surface area (Å²) in [4.78, 5) is 12.5. The van der Waals surface area contributed by atoms with Gasteiger partial charge in [-0.05, 0) is 35.2 Å². The Morgan fingerprint density at radius 2 is 1.78 bits per heavy atom. The van der Waals surface area contributed by atoms with E-state index in [4.69, 9.17) is 0 Å². The van der Waals surface area contributed by atoms with E-state index in [1.807, 2.05) is 21.9 Å². The van der Waals surface area contributed by atoms with E-state index >= 15 is 0 Å². The van der Waals surface area contributed by atoms with Crippen LogP contribution < -0.4 is 10.4 Å². The number of aliphatic imine (C=N–C) groups is 1. The van der Waals surface area contributed by atoms with Gasteiger partial charge in [0.25, 0.3) is 0 Å². The molecule has 0 unspecified atom stereocenters. The molecule has 1 saturated heterocycles. The van der Waals surface area contributed by atoms with E-state index in [0.29, 0.717) is 38.0 Å². The molecule has 3 rings (SSSR count). The monoisotopic (exact) mass is 371 g/mol. The summed E-state index contributed by atoms with van der Waals surface area (Å²) >= 11 is 0. The molecule has 2 heterocycles. The second-order valence-electron chi connectivity index (χ2n) is 7.63. The van der Waals surface area contributed by atoms with Crippen molar-refractivity contribution in [1.29, 1.82) is 0 Å². The SMILES string of the molecule is CC(C)(C)c1ccc(N=C(NO)N2CCN(c3ncccc3F)CC2)cc1. The number of hydroxylamine groups is 1. The molecule has 2 aromatic rings. The minimum Gasteiger partial charge on any atom is -0.351 e. The van der Waals surface area contributed by atoms with Gasteiger partial charge in [-0.1, -0.05) is 32.9 Å². The molecule has 1 aliphatic heterocycles. The summed E-state index contributed by atoms with van der Waals surface area (Å²) in [5.41, 5.74) is 4.27. The Hall–Kier alpha value is -2.67. The van der Waals surface area contributed by atoms with Crippen LogP contribution in [-0.2, 0) is 5.41 Å². The lowest BCUT2D eigenvalue weighted by Gasteiger charge is -2.36. The first kappa shape index (κ1) is 19.1. The molecule has 0 saturated carbocycles. The molecule has 1 aliphatic rings. The van der Waals surface area contributed by atoms with Gasteiger partial charge in [0, 0.05) is 32.4 Å². The van der Waals surface area contributed by atoms with E-state index in [9.17, 15) is 9.60 Å². The van der Waals surface area contributed by atoms with Gasteiger partial charge in [-0.15, -0.1) is 0 Å². The van der Waals surface area contributed by atoms with Gasteiger partial charge in [0.2, 0.25) is 5.96 Å². The van der Waals surface area contributed by atoms with Crippen molar-refractivity contribution in [3.63, 3.8) is 0 Å². The number of pyridine rings is 1. The van der Waals surface area contributed by atoms with Crippen molar-refractivity contribution in [1.82, 2.24) is 15.4 Å². The number of halogens is 1. The molecule has 0 spiro atoms. The molecule has 144 valence electrons. The van der Waals surface area contributed by atoms with Gasteiger partial charge in [-0.25, -0.2) is 19.8 Å². The van der Waals surface area contributed by atoms with Crippen molar-refractivity contribution < 1.29 is 9.60 Å². The Bertz CT molecular complexity index is 793. The highest BCUT2D eigenvalue weighted by atomic mass is 19.1. The molecular formula is C20H26FN5O. The van der Waals surface area contributed by atoms with Gasteiger partial charge >= 0.3 is 0 Å². The van der Waals surface area contributed by atoms with Crippen molar-refractivity contribution in [2.45, 2.75) is 26.2 Å². The van der Waals surface area contributed by atoms with E-state index in [1.165, 1.54) is 11.6 Å². The minimum atomic E-state index is -0.320. The maximum atomic E-state index is 13.9. The topological polar surface area (TPSA) is 64.0 Å². The van der Waals surface area contributed by atoms with Crippen LogP contribution >= 0.6 is 0 Å². The number of anilines is 1. The Morgan fingerprint density at radius 1 is 1.11 bits per heavy atom. The number of aromatic nitrogens is 1. The number of hydrogen-bond donors (Lipinski definition) is 2. The van der Waals surface area contributed by atoms with E-state index < -0.39 is 0 Å². The standard InChI is InChI=1S/C20H26FN5O/c1-20(2,3)15-6-8-16(9-7-15)23-19(24-27)26-13-11-25(12-14-26)18-17(21)5-4-10-22-18/h4-10,27H,11-14H2,1-3H3,(H,23,24). The van der Waals surface area contributed by atoms with Crippen molar-refractivity contribution in [3.05, 3.63) is 54.0 Å². The van der Waals surface area contributed by atoms with Crippen molar-refractivity contribution in [2.75, 3.05) is 31.1 Å². The van der Waals surface area contributed by atoms with Crippen LogP contribution in [-0.4, -0.2) is 47.2 Å². The summed E-state index contributed by atoms with van der Waals surface area (Å²) in [5, 5.41) is 9.54. The molecule has 6 nitrogen and oxygen atoms in total. The maximum absolute atomic E-state index is 13.9. The van der Waals surface area contributed by atoms with Crippen LogP contribution in [0.15, 0.2) is 47.6 Å². The molecule has 0 bridgehead atoms. The quantitative estimate of drug-likeness (QED) is 0.482. The molecule has 0 atom stereocenters. The number of nitrogens with zero attached hydrogens (tertiary/aromatic N) is 4. The average Bonchev–Trinajstić information content (AvgIpc) is 2.66. The Balaban J connectivity index is 1.68. The van der Waals surface area contributed by atoms with Gasteiger partial charge in [-0.2, -0.15) is 0 Å². The van der Waals surface area contributed by atoms with Gasteiger partial charge in [0.1, 0.15) is 0 Å². The number of nitrogens with one attached hydrogen (secondary N) is 1. The lowest BCUT2D eigenvalue weighted by Crippen LogP contribution is -2.52. The fraction of sp³-hybridized carbons (Fsp3) is 0.400. The van der Waals surface area contributed by atoms with Crippen molar-refractivity contribution in [3.8, 4) is 0 Å². The van der Waals surface area contributed by atoms with E-state index in [2.05, 4.69) is 48.4 Å². The number of rotatable bonds is 2. The van der Waals surface area contributed by atoms with Crippen LogP contribution in [0.1, 0.15) is 26.3 Å². The Morgan fingerprint density at radius 3 is 2.33 bits per heavy atom. The van der Waals surface area contributed by atoms with Crippen LogP contribution in [0.25, 0.3) is 0 Å². The predicted molar refractivity (Wildman–Crippen MR) is 105 cm³/mol. The molecule has 2 N–H and O–H groups in total. The lowest BCUT2D eigenvalue weighted by atomic mass is 9.87. The number of piperazine rings is 1. The first-order valence-corrected chi connectivity index (χ1v) is 9.08. The second kappa shape index (κ2) is 7.92. The van der Waals surface area contributed by atoms with Gasteiger partial charge in [0.15, 0.2) is 11.6 Å². The smallest absolute Gasteiger partial charge is 0.223 e. The van der Waals surface area contributed by atoms with Gasteiger partial charge in [-0.3, -0.25) is 5.21 Å². The Kier molecular flexibility index (Phi) is 5.60. The normalized spacial score (nSPS) is 15.8. The zero-order valence-electron chi connectivity index (χ0n) is 16.0. The van der Waals surface area contributed by atoms with E-state index in [0.717, 1.165) is 5.69 Å². The third kappa shape index (κ3) is 4.54. The van der Waals surface area contributed by atoms with Crippen molar-refractivity contribution >= 4 is 17.5 Å². The summed E-state index contributed by atoms with van der Waals surface area (Å²) in [6, 6.07) is 11.0. The molecule has 0 amide bonds. The first-order valence-electron chi connectivity index (χ1n) is 9.08. The summed E-state index contributed by atoms with van der Waals surface area (Å²) < 4.78 is 13.9. The molecule has 1 aromatic heterocycles. The Labute approximate surface area is 159 Å². The third-order valence-corrected chi connectivity index (χ3v) is 4.69. The molecule has 7 heteroatoms. The fourth-order valence-corrected chi connectivity index (χ4v) is 3.06. The molecule has 27 heavy (non-hydrogen) atoms. The minimum absolute atomic E-state index is 0.0807. The number of benzene rings is 1. The van der Waals surface area contributed by atoms with Gasteiger partial charge in [0.05, 0.1) is 5.69 Å². The van der Waals surface area contributed by atoms with Crippen LogP contribution in [0.3, 0.4) is 0 Å². The summed E-state index contributed by atoms with van der Waals surface area (Å²) in [5.74, 6) is 0.434. The summed E-state index contributed by atoms with van der Waals surface area (Å²) in [7, 11) is 0. The first-order chi connectivity index (χ1) is 12.9. The van der Waals surface area contributed by atoms with Crippen LogP contribution in [0, 0.1) is 5.82 Å². The van der Waals surface area contributed by atoms with Crippen LogP contribution in [0.5, 0.6) is 0 Å². The number of hydrogen-bond acceptors (Lipinski definition) is 4. The lowest BCUT2D eigenvalue weighted by molar-refractivity contribution is 0.207. The molecule has 1 fully saturated rings. The zero-order valence-corrected chi connectivity index (χ0v) is 16.0. The maximum Gasteiger partial charge on any atom is 0.223 e. The van der Waals surface area contributed by atoms with Crippen LogP contribution in [0.4, 0.5) is 15.9 Å². The number of guanidine groups is 1. The largest absolute Gasteiger partial charge is 0.351 e. The van der Waals surface area contributed by atoms with Crippen molar-refractivity contribution in [2.24, 2.45) is 4.99 Å². The van der Waals surface area contributed by atoms with E-state index in [-0.39, 0.29) is 11.2 Å². The average molecular weight is 371 g/mol. The zero-order chi connectivity index (χ0) is 19.4. The summed E-state index contributed by atoms with van der Waals surface area (Å²) in [6.45, 7) is 8.88. The highest BCUT2D eigenvalue weighted by molar-refractivity contribution is 5.82. The third-order valence-electron chi connectivity index (χ3n) is 4.69. The molecule has 1 aromatic carbocycles. The molecular weight excluding hydrogens is 345 g/mol. The second-order valence-corrected chi connectivity index (χ2v) is 7.63.